The lowest BCUT2D eigenvalue weighted by Crippen LogP contribution is -2.00. The summed E-state index contributed by atoms with van der Waals surface area (Å²) in [5, 5.41) is 12.2. The number of halogens is 1. The fourth-order valence-electron chi connectivity index (χ4n) is 0.407. The van der Waals surface area contributed by atoms with Crippen LogP contribution in [0, 0.1) is 0 Å². The summed E-state index contributed by atoms with van der Waals surface area (Å²) in [7, 11) is 0. The van der Waals surface area contributed by atoms with E-state index in [0.717, 1.165) is 0 Å². The van der Waals surface area contributed by atoms with Crippen molar-refractivity contribution in [3.05, 3.63) is 18.5 Å². The van der Waals surface area contributed by atoms with Gasteiger partial charge < -0.3 is 5.11 Å². The van der Waals surface area contributed by atoms with Gasteiger partial charge in [-0.3, -0.25) is 0 Å². The zero-order valence-corrected chi connectivity index (χ0v) is 4.78. The van der Waals surface area contributed by atoms with Crippen molar-refractivity contribution in [1.29, 1.82) is 0 Å². The molecular formula is C4H5ClN2O. The Morgan fingerprint density at radius 3 is 2.75 bits per heavy atom. The van der Waals surface area contributed by atoms with E-state index in [4.69, 9.17) is 16.7 Å². The predicted octanol–water partition coefficient (Wildman–Crippen LogP) is 0.570. The number of aliphatic hydroxyl groups is 1. The van der Waals surface area contributed by atoms with Crippen LogP contribution in [0.1, 0.15) is 5.69 Å². The normalized spacial score (nSPS) is 13.8. The SMILES string of the molecule is OC(Cl)n1cccn1. The van der Waals surface area contributed by atoms with Crippen LogP contribution >= 0.6 is 11.6 Å². The maximum Gasteiger partial charge on any atom is 0.224 e. The summed E-state index contributed by atoms with van der Waals surface area (Å²) in [5.74, 6) is 0. The molecule has 0 saturated carbocycles. The van der Waals surface area contributed by atoms with Gasteiger partial charge in [0, 0.05) is 12.4 Å². The van der Waals surface area contributed by atoms with E-state index in [1.54, 1.807) is 18.5 Å². The van der Waals surface area contributed by atoms with Gasteiger partial charge >= 0.3 is 0 Å². The third kappa shape index (κ3) is 0.993. The molecule has 0 amide bonds. The van der Waals surface area contributed by atoms with E-state index in [9.17, 15) is 0 Å². The van der Waals surface area contributed by atoms with Gasteiger partial charge in [-0.15, -0.1) is 0 Å². The first kappa shape index (κ1) is 5.59. The Morgan fingerprint density at radius 1 is 1.75 bits per heavy atom. The highest BCUT2D eigenvalue weighted by Gasteiger charge is 1.96. The van der Waals surface area contributed by atoms with Crippen LogP contribution in [0.15, 0.2) is 18.5 Å². The summed E-state index contributed by atoms with van der Waals surface area (Å²) >= 11 is 5.20. The van der Waals surface area contributed by atoms with Crippen molar-refractivity contribution >= 4 is 11.6 Å². The first-order chi connectivity index (χ1) is 3.80. The van der Waals surface area contributed by atoms with E-state index >= 15 is 0 Å². The van der Waals surface area contributed by atoms with Crippen molar-refractivity contribution in [3.63, 3.8) is 0 Å². The molecule has 3 nitrogen and oxygen atoms in total. The highest BCUT2D eigenvalue weighted by atomic mass is 35.5. The first-order valence-corrected chi connectivity index (χ1v) is 2.55. The Balaban J connectivity index is 2.77. The third-order valence-electron chi connectivity index (χ3n) is 0.743. The molecule has 0 aliphatic heterocycles. The topological polar surface area (TPSA) is 38.0 Å². The second kappa shape index (κ2) is 2.15. The van der Waals surface area contributed by atoms with Gasteiger partial charge in [0.25, 0.3) is 0 Å². The number of hydrogen-bond acceptors (Lipinski definition) is 2. The van der Waals surface area contributed by atoms with Crippen LogP contribution in [0.2, 0.25) is 0 Å². The Bertz CT molecular complexity index is 149. The van der Waals surface area contributed by atoms with E-state index in [-0.39, 0.29) is 0 Å². The van der Waals surface area contributed by atoms with Gasteiger partial charge in [0.05, 0.1) is 0 Å². The minimum absolute atomic E-state index is 1.04. The fraction of sp³-hybridized carbons (Fsp3) is 0.250. The lowest BCUT2D eigenvalue weighted by atomic mass is 10.8. The van der Waals surface area contributed by atoms with Gasteiger partial charge in [-0.1, -0.05) is 11.6 Å². The Labute approximate surface area is 51.5 Å². The van der Waals surface area contributed by atoms with Crippen molar-refractivity contribution in [1.82, 2.24) is 9.78 Å². The van der Waals surface area contributed by atoms with Crippen molar-refractivity contribution in [3.8, 4) is 0 Å². The summed E-state index contributed by atoms with van der Waals surface area (Å²) in [4.78, 5) is 0. The van der Waals surface area contributed by atoms with Gasteiger partial charge in [0.1, 0.15) is 0 Å². The summed E-state index contributed by atoms with van der Waals surface area (Å²) in [5.41, 5.74) is -1.04. The minimum atomic E-state index is -1.04. The molecule has 0 radical (unpaired) electrons. The van der Waals surface area contributed by atoms with Crippen LogP contribution in [-0.2, 0) is 0 Å². The Morgan fingerprint density at radius 2 is 2.50 bits per heavy atom. The lowest BCUT2D eigenvalue weighted by Gasteiger charge is -1.98. The average molecular weight is 133 g/mol. The highest BCUT2D eigenvalue weighted by molar-refractivity contribution is 6.17. The van der Waals surface area contributed by atoms with Crippen molar-refractivity contribution < 1.29 is 5.11 Å². The van der Waals surface area contributed by atoms with Crippen LogP contribution in [0.4, 0.5) is 0 Å². The Hall–Kier alpha value is -0.540. The molecule has 1 atom stereocenters. The molecule has 0 saturated heterocycles. The molecular weight excluding hydrogens is 128 g/mol. The van der Waals surface area contributed by atoms with Crippen LogP contribution in [0.3, 0.4) is 0 Å². The maximum atomic E-state index is 8.58. The predicted molar refractivity (Wildman–Crippen MR) is 29.3 cm³/mol. The van der Waals surface area contributed by atoms with E-state index in [2.05, 4.69) is 5.10 Å². The molecule has 1 unspecified atom stereocenters. The summed E-state index contributed by atoms with van der Waals surface area (Å²) in [6.07, 6.45) is 3.13. The molecule has 44 valence electrons. The second-order valence-electron chi connectivity index (χ2n) is 1.30. The smallest absolute Gasteiger partial charge is 0.224 e. The lowest BCUT2D eigenvalue weighted by molar-refractivity contribution is 0.175. The largest absolute Gasteiger partial charge is 0.359 e. The van der Waals surface area contributed by atoms with E-state index in [1.165, 1.54) is 4.68 Å². The quantitative estimate of drug-likeness (QED) is 0.568. The molecule has 0 bridgehead atoms. The van der Waals surface area contributed by atoms with Crippen LogP contribution in [0.5, 0.6) is 0 Å². The number of aromatic nitrogens is 2. The van der Waals surface area contributed by atoms with Gasteiger partial charge in [0.15, 0.2) is 0 Å². The molecule has 1 aromatic rings. The molecule has 1 heterocycles. The molecule has 0 aliphatic carbocycles. The third-order valence-corrected chi connectivity index (χ3v) is 0.943. The van der Waals surface area contributed by atoms with Gasteiger partial charge in [-0.05, 0) is 6.07 Å². The molecule has 1 rings (SSSR count). The molecule has 0 aromatic carbocycles. The first-order valence-electron chi connectivity index (χ1n) is 2.12. The molecule has 0 fully saturated rings. The zero-order valence-electron chi connectivity index (χ0n) is 4.03. The molecule has 8 heavy (non-hydrogen) atoms. The maximum absolute atomic E-state index is 8.58. The summed E-state index contributed by atoms with van der Waals surface area (Å²) in [6, 6.07) is 1.69. The van der Waals surface area contributed by atoms with Gasteiger partial charge in [0.2, 0.25) is 5.69 Å². The van der Waals surface area contributed by atoms with Crippen molar-refractivity contribution in [2.24, 2.45) is 0 Å². The number of hydrogen-bond donors (Lipinski definition) is 1. The van der Waals surface area contributed by atoms with E-state index in [0.29, 0.717) is 0 Å². The Kier molecular flexibility index (Phi) is 1.50. The standard InChI is InChI=1S/C4H5ClN2O/c5-4(8)7-3-1-2-6-7/h1-4,8H. The van der Waals surface area contributed by atoms with Crippen molar-refractivity contribution in [2.45, 2.75) is 5.69 Å². The molecule has 1 aromatic heterocycles. The minimum Gasteiger partial charge on any atom is -0.359 e. The number of rotatable bonds is 1. The molecule has 0 aliphatic rings. The monoisotopic (exact) mass is 132 g/mol. The second-order valence-corrected chi connectivity index (χ2v) is 1.69. The highest BCUT2D eigenvalue weighted by Crippen LogP contribution is 2.02. The number of nitrogens with zero attached hydrogens (tertiary/aromatic N) is 2. The van der Waals surface area contributed by atoms with Gasteiger partial charge in [-0.25, -0.2) is 4.68 Å². The summed E-state index contributed by atoms with van der Waals surface area (Å²) < 4.78 is 1.24. The van der Waals surface area contributed by atoms with E-state index in [1.807, 2.05) is 0 Å². The van der Waals surface area contributed by atoms with Crippen LogP contribution in [-0.4, -0.2) is 14.9 Å². The molecule has 0 spiro atoms. The molecule has 4 heteroatoms. The van der Waals surface area contributed by atoms with Crippen LogP contribution in [0.25, 0.3) is 0 Å². The zero-order chi connectivity index (χ0) is 5.98. The average Bonchev–Trinajstić information content (AvgIpc) is 2.12. The number of alkyl halides is 1. The molecule has 1 N–H and O–H groups in total. The number of aliphatic hydroxyl groups excluding tert-OH is 1. The fourth-order valence-corrected chi connectivity index (χ4v) is 0.522. The van der Waals surface area contributed by atoms with Crippen molar-refractivity contribution in [2.75, 3.05) is 0 Å². The van der Waals surface area contributed by atoms with Gasteiger partial charge in [-0.2, -0.15) is 5.10 Å². The summed E-state index contributed by atoms with van der Waals surface area (Å²) in [6.45, 7) is 0. The van der Waals surface area contributed by atoms with Crippen LogP contribution < -0.4 is 0 Å². The van der Waals surface area contributed by atoms with E-state index < -0.39 is 5.69 Å².